The van der Waals surface area contributed by atoms with Gasteiger partial charge in [0, 0.05) is 21.5 Å². The van der Waals surface area contributed by atoms with Crippen molar-refractivity contribution in [2.24, 2.45) is 0 Å². The zero-order chi connectivity index (χ0) is 30.6. The largest absolute Gasteiger partial charge is 0.456 e. The molecule has 0 spiro atoms. The molecule has 0 aliphatic carbocycles. The third-order valence-electron chi connectivity index (χ3n) is 8.92. The fraction of sp³-hybridized carbons (Fsp3) is 0. The molecule has 0 amide bonds. The van der Waals surface area contributed by atoms with E-state index in [1.165, 1.54) is 0 Å². The van der Waals surface area contributed by atoms with Crippen LogP contribution < -0.4 is 0 Å². The topological polar surface area (TPSA) is 50.1 Å². The van der Waals surface area contributed by atoms with Crippen LogP contribution >= 0.6 is 0 Å². The van der Waals surface area contributed by atoms with E-state index < -0.39 is 0 Å². The molecule has 0 N–H and O–H groups in total. The van der Waals surface area contributed by atoms with Crippen LogP contribution in [0.25, 0.3) is 88.4 Å². The number of hydrogen-bond acceptors (Lipinski definition) is 3. The van der Waals surface area contributed by atoms with Crippen molar-refractivity contribution in [2.75, 3.05) is 0 Å². The van der Waals surface area contributed by atoms with E-state index in [-0.39, 0.29) is 0 Å². The zero-order valence-electron chi connectivity index (χ0n) is 24.7. The first-order valence-corrected chi connectivity index (χ1v) is 15.3. The van der Waals surface area contributed by atoms with Gasteiger partial charge in [-0.3, -0.25) is 0 Å². The van der Waals surface area contributed by atoms with Gasteiger partial charge in [-0.15, -0.1) is 0 Å². The van der Waals surface area contributed by atoms with Crippen molar-refractivity contribution >= 4 is 43.9 Å². The summed E-state index contributed by atoms with van der Waals surface area (Å²) in [7, 11) is 0. The van der Waals surface area contributed by atoms with Gasteiger partial charge in [0.15, 0.2) is 0 Å². The van der Waals surface area contributed by atoms with Crippen molar-refractivity contribution < 1.29 is 8.83 Å². The molecule has 0 saturated carbocycles. The number of benzene rings is 7. The number of hydrogen-bond donors (Lipinski definition) is 0. The summed E-state index contributed by atoms with van der Waals surface area (Å²) in [5.41, 5.74) is 12.9. The summed E-state index contributed by atoms with van der Waals surface area (Å²) in [6.07, 6.45) is 0. The minimum absolute atomic E-state index is 0.630. The first-order chi connectivity index (χ1) is 22.7. The smallest absolute Gasteiger partial charge is 0.135 e. The molecule has 2 heterocycles. The standard InChI is InChI=1S/C43H25NO2/c44-26-27-14-16-29(17-15-27)43-35(30-18-20-41-37(22-30)33-10-4-6-12-39(33)45-41)24-32(28-8-2-1-3-9-28)25-36(43)31-19-21-42-38(23-31)34-11-5-7-13-40(34)46-42/h1-25H. The molecule has 46 heavy (non-hydrogen) atoms. The van der Waals surface area contributed by atoms with E-state index in [0.29, 0.717) is 5.56 Å². The van der Waals surface area contributed by atoms with Gasteiger partial charge in [-0.05, 0) is 105 Å². The Bertz CT molecular complexity index is 2500. The van der Waals surface area contributed by atoms with Crippen molar-refractivity contribution in [3.63, 3.8) is 0 Å². The molecule has 0 saturated heterocycles. The number of rotatable bonds is 4. The highest BCUT2D eigenvalue weighted by molar-refractivity contribution is 6.09. The molecule has 0 aliphatic heterocycles. The molecule has 3 heteroatoms. The lowest BCUT2D eigenvalue weighted by atomic mass is 9.84. The van der Waals surface area contributed by atoms with E-state index in [9.17, 15) is 5.26 Å². The summed E-state index contributed by atoms with van der Waals surface area (Å²) in [4.78, 5) is 0. The molecule has 0 bridgehead atoms. The van der Waals surface area contributed by atoms with E-state index in [2.05, 4.69) is 115 Å². The van der Waals surface area contributed by atoms with Gasteiger partial charge in [0.25, 0.3) is 0 Å². The Morgan fingerprint density at radius 3 is 1.39 bits per heavy atom. The van der Waals surface area contributed by atoms with Crippen LogP contribution in [0, 0.1) is 11.3 Å². The summed E-state index contributed by atoms with van der Waals surface area (Å²) in [5, 5.41) is 13.9. The predicted molar refractivity (Wildman–Crippen MR) is 187 cm³/mol. The van der Waals surface area contributed by atoms with Crippen LogP contribution in [0.3, 0.4) is 0 Å². The zero-order valence-corrected chi connectivity index (χ0v) is 24.7. The lowest BCUT2D eigenvalue weighted by molar-refractivity contribution is 0.668. The fourth-order valence-electron chi connectivity index (χ4n) is 6.70. The molecular formula is C43H25NO2. The Labute approximate surface area is 265 Å². The van der Waals surface area contributed by atoms with Crippen molar-refractivity contribution in [2.45, 2.75) is 0 Å². The first kappa shape index (κ1) is 26.1. The second-order valence-electron chi connectivity index (χ2n) is 11.6. The Morgan fingerprint density at radius 1 is 0.370 bits per heavy atom. The fourth-order valence-corrected chi connectivity index (χ4v) is 6.70. The number of para-hydroxylation sites is 2. The first-order valence-electron chi connectivity index (χ1n) is 15.3. The molecule has 9 aromatic rings. The monoisotopic (exact) mass is 587 g/mol. The van der Waals surface area contributed by atoms with Gasteiger partial charge in [-0.25, -0.2) is 0 Å². The lowest BCUT2D eigenvalue weighted by Gasteiger charge is -2.19. The van der Waals surface area contributed by atoms with Crippen LogP contribution in [0.2, 0.25) is 0 Å². The molecular weight excluding hydrogens is 562 g/mol. The third kappa shape index (κ3) is 4.20. The quantitative estimate of drug-likeness (QED) is 0.206. The van der Waals surface area contributed by atoms with Gasteiger partial charge in [0.05, 0.1) is 11.6 Å². The molecule has 0 radical (unpaired) electrons. The Balaban J connectivity index is 1.38. The average Bonchev–Trinajstić information content (AvgIpc) is 3.69. The van der Waals surface area contributed by atoms with E-state index in [4.69, 9.17) is 8.83 Å². The SMILES string of the molecule is N#Cc1ccc(-c2c(-c3ccc4oc5ccccc5c4c3)cc(-c3ccccc3)cc2-c2ccc3oc4ccccc4c3c2)cc1. The number of nitrogens with zero attached hydrogens (tertiary/aromatic N) is 1. The minimum atomic E-state index is 0.630. The van der Waals surface area contributed by atoms with Gasteiger partial charge < -0.3 is 8.83 Å². The maximum Gasteiger partial charge on any atom is 0.135 e. The molecule has 0 unspecified atom stereocenters. The molecule has 9 rings (SSSR count). The van der Waals surface area contributed by atoms with Crippen molar-refractivity contribution in [1.29, 1.82) is 5.26 Å². The number of nitriles is 1. The number of fused-ring (bicyclic) bond motifs is 6. The second kappa shape index (κ2) is 10.4. The van der Waals surface area contributed by atoms with E-state index in [1.807, 2.05) is 42.5 Å². The Kier molecular flexibility index (Phi) is 5.88. The van der Waals surface area contributed by atoms with Crippen LogP contribution in [0.1, 0.15) is 5.56 Å². The summed E-state index contributed by atoms with van der Waals surface area (Å²) >= 11 is 0. The van der Waals surface area contributed by atoms with Gasteiger partial charge in [-0.2, -0.15) is 5.26 Å². The van der Waals surface area contributed by atoms with Crippen LogP contribution in [0.4, 0.5) is 0 Å². The maximum absolute atomic E-state index is 9.59. The molecule has 0 aliphatic rings. The number of furan rings is 2. The normalized spacial score (nSPS) is 11.5. The van der Waals surface area contributed by atoms with Crippen LogP contribution in [-0.4, -0.2) is 0 Å². The van der Waals surface area contributed by atoms with E-state index in [0.717, 1.165) is 88.4 Å². The lowest BCUT2D eigenvalue weighted by Crippen LogP contribution is -1.93. The van der Waals surface area contributed by atoms with Gasteiger partial charge in [0.1, 0.15) is 22.3 Å². The van der Waals surface area contributed by atoms with Gasteiger partial charge in [-0.1, -0.05) is 91.0 Å². The van der Waals surface area contributed by atoms with Crippen molar-refractivity contribution in [1.82, 2.24) is 0 Å². The highest BCUT2D eigenvalue weighted by atomic mass is 16.3. The predicted octanol–water partition coefficient (Wildman–Crippen LogP) is 12.0. The molecule has 3 nitrogen and oxygen atoms in total. The average molecular weight is 588 g/mol. The summed E-state index contributed by atoms with van der Waals surface area (Å²) in [6, 6.07) is 54.6. The summed E-state index contributed by atoms with van der Waals surface area (Å²) in [6.45, 7) is 0. The van der Waals surface area contributed by atoms with Gasteiger partial charge in [0.2, 0.25) is 0 Å². The Morgan fingerprint density at radius 2 is 0.848 bits per heavy atom. The Hall–Kier alpha value is -6.37. The molecule has 7 aromatic carbocycles. The van der Waals surface area contributed by atoms with Crippen LogP contribution in [0.15, 0.2) is 160 Å². The van der Waals surface area contributed by atoms with Gasteiger partial charge >= 0.3 is 0 Å². The van der Waals surface area contributed by atoms with Crippen molar-refractivity contribution in [3.8, 4) is 50.6 Å². The minimum Gasteiger partial charge on any atom is -0.456 e. The summed E-state index contributed by atoms with van der Waals surface area (Å²) < 4.78 is 12.4. The van der Waals surface area contributed by atoms with Crippen LogP contribution in [-0.2, 0) is 0 Å². The van der Waals surface area contributed by atoms with E-state index >= 15 is 0 Å². The molecule has 2 aromatic heterocycles. The molecule has 0 fully saturated rings. The highest BCUT2D eigenvalue weighted by Gasteiger charge is 2.20. The highest BCUT2D eigenvalue weighted by Crippen LogP contribution is 2.45. The third-order valence-corrected chi connectivity index (χ3v) is 8.92. The maximum atomic E-state index is 9.59. The second-order valence-corrected chi connectivity index (χ2v) is 11.6. The summed E-state index contributed by atoms with van der Waals surface area (Å²) in [5.74, 6) is 0. The molecule has 0 atom stereocenters. The van der Waals surface area contributed by atoms with Crippen molar-refractivity contribution in [3.05, 3.63) is 157 Å². The van der Waals surface area contributed by atoms with Crippen LogP contribution in [0.5, 0.6) is 0 Å². The van der Waals surface area contributed by atoms with E-state index in [1.54, 1.807) is 0 Å². The molecule has 214 valence electrons.